The minimum Gasteiger partial charge on any atom is -0.298 e. The van der Waals surface area contributed by atoms with Gasteiger partial charge in [0.1, 0.15) is 6.29 Å². The van der Waals surface area contributed by atoms with Crippen LogP contribution in [0.4, 0.5) is 0 Å². The third-order valence-corrected chi connectivity index (χ3v) is 0.936. The minimum absolute atomic E-state index is 0.729. The predicted molar refractivity (Wildman–Crippen MR) is 45.1 cm³/mol. The molecule has 60 valence electrons. The van der Waals surface area contributed by atoms with Crippen molar-refractivity contribution in [3.8, 4) is 0 Å². The first-order valence-electron chi connectivity index (χ1n) is 3.22. The fourth-order valence-electron chi connectivity index (χ4n) is 0.532. The topological polar surface area (TPSA) is 55.1 Å². The Bertz CT molecular complexity index is 187. The molecular weight excluding hydrogens is 140 g/mol. The van der Waals surface area contributed by atoms with E-state index in [4.69, 9.17) is 0 Å². The summed E-state index contributed by atoms with van der Waals surface area (Å²) in [7, 11) is 1.65. The molecule has 11 heavy (non-hydrogen) atoms. The molecule has 1 aromatic rings. The zero-order valence-corrected chi connectivity index (χ0v) is 6.45. The molecule has 3 N–H and O–H groups in total. The van der Waals surface area contributed by atoms with Gasteiger partial charge in [-0.1, -0.05) is 30.3 Å². The van der Waals surface area contributed by atoms with Gasteiger partial charge in [-0.3, -0.25) is 16.1 Å². The highest BCUT2D eigenvalue weighted by Gasteiger charge is 1.79. The molecule has 0 unspecified atom stereocenters. The third-order valence-electron chi connectivity index (χ3n) is 0.936. The van der Waals surface area contributed by atoms with Crippen LogP contribution in [0.5, 0.6) is 0 Å². The molecule has 0 amide bonds. The summed E-state index contributed by atoms with van der Waals surface area (Å²) in [5.41, 5.74) is 2.98. The molecule has 0 atom stereocenters. The summed E-state index contributed by atoms with van der Waals surface area (Å²) in [5.74, 6) is 4.60. The molecule has 0 saturated heterocycles. The highest BCUT2D eigenvalue weighted by atomic mass is 16.1. The number of carbonyl (C=O) groups is 1. The van der Waals surface area contributed by atoms with E-state index in [2.05, 4.69) is 11.3 Å². The van der Waals surface area contributed by atoms with Crippen molar-refractivity contribution < 1.29 is 4.79 Å². The Kier molecular flexibility index (Phi) is 6.17. The van der Waals surface area contributed by atoms with Gasteiger partial charge in [0.2, 0.25) is 0 Å². The largest absolute Gasteiger partial charge is 0.298 e. The molecule has 0 aromatic heterocycles. The Hall–Kier alpha value is -1.19. The number of benzene rings is 1. The Morgan fingerprint density at radius 1 is 1.36 bits per heavy atom. The molecule has 0 saturated carbocycles. The van der Waals surface area contributed by atoms with Crippen LogP contribution in [0.15, 0.2) is 30.3 Å². The van der Waals surface area contributed by atoms with Crippen molar-refractivity contribution >= 4 is 6.29 Å². The van der Waals surface area contributed by atoms with Gasteiger partial charge >= 0.3 is 0 Å². The van der Waals surface area contributed by atoms with Crippen molar-refractivity contribution in [1.82, 2.24) is 5.43 Å². The third kappa shape index (κ3) is 5.26. The lowest BCUT2D eigenvalue weighted by Gasteiger charge is -1.81. The number of nitrogens with one attached hydrogen (secondary N) is 1. The van der Waals surface area contributed by atoms with Gasteiger partial charge in [0, 0.05) is 5.56 Å². The second-order valence-corrected chi connectivity index (χ2v) is 1.82. The molecule has 1 rings (SSSR count). The number of carbonyl (C=O) groups excluding carboxylic acids is 1. The van der Waals surface area contributed by atoms with Crippen LogP contribution >= 0.6 is 0 Å². The zero-order valence-electron chi connectivity index (χ0n) is 6.45. The predicted octanol–water partition coefficient (Wildman–Crippen LogP) is 0.579. The van der Waals surface area contributed by atoms with Crippen LogP contribution in [-0.2, 0) is 0 Å². The van der Waals surface area contributed by atoms with Gasteiger partial charge in [-0.05, 0) is 7.05 Å². The van der Waals surface area contributed by atoms with E-state index in [9.17, 15) is 4.79 Å². The first-order valence-corrected chi connectivity index (χ1v) is 3.22. The minimum atomic E-state index is 0.729. The number of rotatable bonds is 1. The van der Waals surface area contributed by atoms with Crippen molar-refractivity contribution in [3.05, 3.63) is 35.9 Å². The monoisotopic (exact) mass is 152 g/mol. The molecule has 0 aliphatic rings. The molecular formula is C8H12N2O. The van der Waals surface area contributed by atoms with Crippen LogP contribution in [-0.4, -0.2) is 13.3 Å². The zero-order chi connectivity index (χ0) is 8.53. The summed E-state index contributed by atoms with van der Waals surface area (Å²) in [5, 5.41) is 0. The second-order valence-electron chi connectivity index (χ2n) is 1.82. The van der Waals surface area contributed by atoms with Gasteiger partial charge in [0.25, 0.3) is 0 Å². The van der Waals surface area contributed by atoms with Crippen LogP contribution in [0.3, 0.4) is 0 Å². The molecule has 0 aliphatic heterocycles. The van der Waals surface area contributed by atoms with Crippen LogP contribution in [0.25, 0.3) is 0 Å². The van der Waals surface area contributed by atoms with Crippen LogP contribution < -0.4 is 11.3 Å². The maximum absolute atomic E-state index is 10.0. The van der Waals surface area contributed by atoms with Crippen molar-refractivity contribution in [2.45, 2.75) is 0 Å². The second kappa shape index (κ2) is 6.92. The van der Waals surface area contributed by atoms with E-state index in [1.807, 2.05) is 18.2 Å². The van der Waals surface area contributed by atoms with E-state index in [1.165, 1.54) is 0 Å². The quantitative estimate of drug-likeness (QED) is 0.351. The fourth-order valence-corrected chi connectivity index (χ4v) is 0.532. The van der Waals surface area contributed by atoms with Gasteiger partial charge in [-0.2, -0.15) is 0 Å². The lowest BCUT2D eigenvalue weighted by Crippen LogP contribution is -2.13. The molecule has 3 nitrogen and oxygen atoms in total. The molecule has 0 heterocycles. The summed E-state index contributed by atoms with van der Waals surface area (Å²) in [6.07, 6.45) is 0.833. The van der Waals surface area contributed by atoms with E-state index < -0.39 is 0 Å². The fraction of sp³-hybridized carbons (Fsp3) is 0.125. The number of nitrogens with two attached hydrogens (primary N) is 1. The first-order chi connectivity index (χ1) is 5.35. The average molecular weight is 152 g/mol. The SMILES string of the molecule is CNN.O=Cc1ccccc1. The Morgan fingerprint density at radius 2 is 1.82 bits per heavy atom. The Balaban J connectivity index is 0.000000292. The summed E-state index contributed by atoms with van der Waals surface area (Å²) >= 11 is 0. The standard InChI is InChI=1S/C7H6O.CH6N2/c8-6-7-4-2-1-3-5-7;1-3-2/h1-6H;3H,2H2,1H3. The molecule has 0 spiro atoms. The average Bonchev–Trinajstić information content (AvgIpc) is 2.08. The van der Waals surface area contributed by atoms with Gasteiger partial charge in [0.15, 0.2) is 0 Å². The lowest BCUT2D eigenvalue weighted by molar-refractivity contribution is 0.112. The maximum Gasteiger partial charge on any atom is 0.150 e. The first kappa shape index (κ1) is 9.81. The molecule has 0 fully saturated rings. The van der Waals surface area contributed by atoms with E-state index in [1.54, 1.807) is 19.2 Å². The van der Waals surface area contributed by atoms with Gasteiger partial charge in [-0.15, -0.1) is 0 Å². The lowest BCUT2D eigenvalue weighted by atomic mass is 10.2. The summed E-state index contributed by atoms with van der Waals surface area (Å²) < 4.78 is 0. The molecule has 0 radical (unpaired) electrons. The summed E-state index contributed by atoms with van der Waals surface area (Å²) in [4.78, 5) is 10.0. The summed E-state index contributed by atoms with van der Waals surface area (Å²) in [6.45, 7) is 0. The summed E-state index contributed by atoms with van der Waals surface area (Å²) in [6, 6.07) is 9.10. The Labute approximate surface area is 66.2 Å². The highest BCUT2D eigenvalue weighted by Crippen LogP contribution is 1.91. The normalized spacial score (nSPS) is 7.82. The highest BCUT2D eigenvalue weighted by molar-refractivity contribution is 5.74. The van der Waals surface area contributed by atoms with Crippen LogP contribution in [0, 0.1) is 0 Å². The Morgan fingerprint density at radius 3 is 2.09 bits per heavy atom. The maximum atomic E-state index is 10.0. The van der Waals surface area contributed by atoms with Gasteiger partial charge in [-0.25, -0.2) is 0 Å². The number of aldehydes is 1. The van der Waals surface area contributed by atoms with Crippen molar-refractivity contribution in [1.29, 1.82) is 0 Å². The number of hydrazine groups is 1. The van der Waals surface area contributed by atoms with Gasteiger partial charge < -0.3 is 0 Å². The van der Waals surface area contributed by atoms with Gasteiger partial charge in [0.05, 0.1) is 0 Å². The molecule has 1 aromatic carbocycles. The molecule has 0 aliphatic carbocycles. The smallest absolute Gasteiger partial charge is 0.150 e. The van der Waals surface area contributed by atoms with Crippen LogP contribution in [0.1, 0.15) is 10.4 Å². The van der Waals surface area contributed by atoms with E-state index >= 15 is 0 Å². The number of hydrogen-bond donors (Lipinski definition) is 2. The van der Waals surface area contributed by atoms with Crippen molar-refractivity contribution in [3.63, 3.8) is 0 Å². The van der Waals surface area contributed by atoms with E-state index in [0.717, 1.165) is 11.8 Å². The molecule has 0 bridgehead atoms. The number of hydrogen-bond acceptors (Lipinski definition) is 3. The van der Waals surface area contributed by atoms with Crippen molar-refractivity contribution in [2.24, 2.45) is 5.84 Å². The van der Waals surface area contributed by atoms with Crippen LogP contribution in [0.2, 0.25) is 0 Å². The van der Waals surface area contributed by atoms with Crippen molar-refractivity contribution in [2.75, 3.05) is 7.05 Å². The molecule has 3 heteroatoms. The van der Waals surface area contributed by atoms with E-state index in [-0.39, 0.29) is 0 Å². The van der Waals surface area contributed by atoms with E-state index in [0.29, 0.717) is 0 Å².